The second-order valence-corrected chi connectivity index (χ2v) is 8.34. The molecule has 0 spiro atoms. The molecule has 1 saturated carbocycles. The first-order valence-corrected chi connectivity index (χ1v) is 10.0. The van der Waals surface area contributed by atoms with Gasteiger partial charge in [-0.25, -0.2) is 0 Å². The Bertz CT molecular complexity index is 858. The minimum absolute atomic E-state index is 0.446. The van der Waals surface area contributed by atoms with Gasteiger partial charge in [0, 0.05) is 0 Å². The van der Waals surface area contributed by atoms with E-state index in [2.05, 4.69) is 0 Å². The lowest BCUT2D eigenvalue weighted by Gasteiger charge is -2.40. The average Bonchev–Trinajstić information content (AvgIpc) is 3.47. The Hall–Kier alpha value is -1.80. The van der Waals surface area contributed by atoms with E-state index in [-0.39, 0.29) is 0 Å². The summed E-state index contributed by atoms with van der Waals surface area (Å²) in [6.07, 6.45) is -3.51. The molecule has 4 rings (SSSR count). The number of benzene rings is 2. The van der Waals surface area contributed by atoms with Gasteiger partial charge in [-0.1, -0.05) is 42.5 Å². The Labute approximate surface area is 170 Å². The van der Waals surface area contributed by atoms with E-state index in [0.717, 1.165) is 35.1 Å². The zero-order valence-corrected chi connectivity index (χ0v) is 16.4. The Morgan fingerprint density at radius 3 is 2.28 bits per heavy atom. The topological polar surface area (TPSA) is 110 Å². The van der Waals surface area contributed by atoms with Gasteiger partial charge in [-0.3, -0.25) is 0 Å². The first kappa shape index (κ1) is 20.5. The van der Waals surface area contributed by atoms with Crippen LogP contribution in [-0.4, -0.2) is 56.6 Å². The second-order valence-electron chi connectivity index (χ2n) is 8.34. The SMILES string of the molecule is Cc1ccc([C@@H]2O[C@H](CO)[C@@H](O)[C@H](O)[C@H]2O)cc1Cc1ccc(C2(O)CC2)cc1. The van der Waals surface area contributed by atoms with E-state index in [1.165, 1.54) is 0 Å². The quantitative estimate of drug-likeness (QED) is 0.514. The number of rotatable bonds is 5. The van der Waals surface area contributed by atoms with Crippen molar-refractivity contribution in [1.82, 2.24) is 0 Å². The fraction of sp³-hybridized carbons (Fsp3) is 0.478. The molecule has 29 heavy (non-hydrogen) atoms. The molecule has 2 aliphatic rings. The minimum Gasteiger partial charge on any atom is -0.394 e. The first-order chi connectivity index (χ1) is 13.8. The van der Waals surface area contributed by atoms with Gasteiger partial charge in [0.2, 0.25) is 0 Å². The molecule has 156 valence electrons. The highest BCUT2D eigenvalue weighted by Gasteiger charge is 2.44. The predicted molar refractivity (Wildman–Crippen MR) is 106 cm³/mol. The highest BCUT2D eigenvalue weighted by molar-refractivity contribution is 5.38. The fourth-order valence-corrected chi connectivity index (χ4v) is 4.00. The van der Waals surface area contributed by atoms with Gasteiger partial charge in [0.1, 0.15) is 30.5 Å². The van der Waals surface area contributed by atoms with Crippen LogP contribution in [0.4, 0.5) is 0 Å². The maximum Gasteiger partial charge on any atom is 0.113 e. The summed E-state index contributed by atoms with van der Waals surface area (Å²) in [6.45, 7) is 1.56. The van der Waals surface area contributed by atoms with Crippen LogP contribution in [0.3, 0.4) is 0 Å². The largest absolute Gasteiger partial charge is 0.394 e. The Morgan fingerprint density at radius 2 is 1.66 bits per heavy atom. The standard InChI is InChI=1S/C23H28O6/c1-13-2-5-15(22-21(27)20(26)19(25)18(12-24)29-22)11-16(13)10-14-3-6-17(7-4-14)23(28)8-9-23/h2-7,11,18-22,24-28H,8-10,12H2,1H3/t18-,19-,20+,21-,22+/m1/s1. The number of ether oxygens (including phenoxy) is 1. The molecule has 2 fully saturated rings. The third-order valence-corrected chi connectivity index (χ3v) is 6.20. The summed E-state index contributed by atoms with van der Waals surface area (Å²) >= 11 is 0. The lowest BCUT2D eigenvalue weighted by atomic mass is 9.89. The normalized spacial score (nSPS) is 30.9. The first-order valence-electron chi connectivity index (χ1n) is 10.0. The molecule has 0 radical (unpaired) electrons. The van der Waals surface area contributed by atoms with Crippen LogP contribution in [0, 0.1) is 6.92 Å². The van der Waals surface area contributed by atoms with Crippen molar-refractivity contribution in [3.8, 4) is 0 Å². The van der Waals surface area contributed by atoms with E-state index < -0.39 is 42.7 Å². The van der Waals surface area contributed by atoms with Gasteiger partial charge < -0.3 is 30.3 Å². The molecule has 1 heterocycles. The predicted octanol–water partition coefficient (Wildman–Crippen LogP) is 1.08. The molecular weight excluding hydrogens is 372 g/mol. The third kappa shape index (κ3) is 3.97. The van der Waals surface area contributed by atoms with Crippen molar-refractivity contribution < 1.29 is 30.3 Å². The van der Waals surface area contributed by atoms with Gasteiger partial charge in [-0.05, 0) is 54.0 Å². The summed E-state index contributed by atoms with van der Waals surface area (Å²) in [5.74, 6) is 0. The van der Waals surface area contributed by atoms with Crippen LogP contribution >= 0.6 is 0 Å². The molecule has 5 atom stereocenters. The Kier molecular flexibility index (Phi) is 5.50. The summed E-state index contributed by atoms with van der Waals surface area (Å²) in [6, 6.07) is 13.7. The lowest BCUT2D eigenvalue weighted by molar-refractivity contribution is -0.231. The van der Waals surface area contributed by atoms with Crippen LogP contribution in [0.15, 0.2) is 42.5 Å². The van der Waals surface area contributed by atoms with E-state index >= 15 is 0 Å². The van der Waals surface area contributed by atoms with Crippen LogP contribution in [0.2, 0.25) is 0 Å². The van der Waals surface area contributed by atoms with Gasteiger partial charge in [0.15, 0.2) is 0 Å². The molecule has 0 unspecified atom stereocenters. The molecular formula is C23H28O6. The average molecular weight is 400 g/mol. The summed E-state index contributed by atoms with van der Waals surface area (Å²) in [5.41, 5.74) is 4.24. The lowest BCUT2D eigenvalue weighted by Crippen LogP contribution is -2.55. The van der Waals surface area contributed by atoms with Crippen LogP contribution in [0.25, 0.3) is 0 Å². The van der Waals surface area contributed by atoms with Crippen molar-refractivity contribution in [2.75, 3.05) is 6.61 Å². The molecule has 0 bridgehead atoms. The summed E-state index contributed by atoms with van der Waals surface area (Å²) in [4.78, 5) is 0. The monoisotopic (exact) mass is 400 g/mol. The van der Waals surface area contributed by atoms with Crippen LogP contribution < -0.4 is 0 Å². The van der Waals surface area contributed by atoms with Crippen molar-refractivity contribution in [1.29, 1.82) is 0 Å². The smallest absolute Gasteiger partial charge is 0.113 e. The van der Waals surface area contributed by atoms with E-state index in [1.807, 2.05) is 49.4 Å². The fourth-order valence-electron chi connectivity index (χ4n) is 4.00. The van der Waals surface area contributed by atoms with Gasteiger partial charge in [-0.2, -0.15) is 0 Å². The molecule has 0 amide bonds. The van der Waals surface area contributed by atoms with Crippen molar-refractivity contribution in [3.05, 3.63) is 70.3 Å². The van der Waals surface area contributed by atoms with Crippen LogP contribution in [0.1, 0.15) is 46.8 Å². The summed E-state index contributed by atoms with van der Waals surface area (Å²) in [5, 5.41) is 50.1. The van der Waals surface area contributed by atoms with Crippen LogP contribution in [-0.2, 0) is 16.8 Å². The number of aryl methyl sites for hydroxylation is 1. The van der Waals surface area contributed by atoms with Crippen molar-refractivity contribution >= 4 is 0 Å². The number of hydrogen-bond acceptors (Lipinski definition) is 6. The van der Waals surface area contributed by atoms with Gasteiger partial charge >= 0.3 is 0 Å². The maximum absolute atomic E-state index is 10.4. The number of aliphatic hydroxyl groups excluding tert-OH is 4. The maximum atomic E-state index is 10.4. The Balaban J connectivity index is 1.56. The summed E-state index contributed by atoms with van der Waals surface area (Å²) < 4.78 is 5.68. The van der Waals surface area contributed by atoms with E-state index in [9.17, 15) is 25.5 Å². The highest BCUT2D eigenvalue weighted by Crippen LogP contribution is 2.45. The third-order valence-electron chi connectivity index (χ3n) is 6.20. The molecule has 1 saturated heterocycles. The zero-order valence-electron chi connectivity index (χ0n) is 16.4. The summed E-state index contributed by atoms with van der Waals surface area (Å²) in [7, 11) is 0. The van der Waals surface area contributed by atoms with Gasteiger partial charge in [-0.15, -0.1) is 0 Å². The van der Waals surface area contributed by atoms with Gasteiger partial charge in [0.25, 0.3) is 0 Å². The van der Waals surface area contributed by atoms with Gasteiger partial charge in [0.05, 0.1) is 12.2 Å². The number of hydrogen-bond donors (Lipinski definition) is 5. The molecule has 0 aromatic heterocycles. The highest BCUT2D eigenvalue weighted by atomic mass is 16.5. The molecule has 1 aliphatic carbocycles. The molecule has 2 aromatic rings. The van der Waals surface area contributed by atoms with Crippen LogP contribution in [0.5, 0.6) is 0 Å². The molecule has 6 nitrogen and oxygen atoms in total. The Morgan fingerprint density at radius 1 is 0.966 bits per heavy atom. The minimum atomic E-state index is -1.39. The van der Waals surface area contributed by atoms with E-state index in [1.54, 1.807) is 0 Å². The molecule has 1 aliphatic heterocycles. The second kappa shape index (κ2) is 7.80. The van der Waals surface area contributed by atoms with Crippen molar-refractivity contribution in [3.63, 3.8) is 0 Å². The van der Waals surface area contributed by atoms with Crippen molar-refractivity contribution in [2.45, 2.75) is 62.3 Å². The number of aliphatic hydroxyl groups is 5. The van der Waals surface area contributed by atoms with E-state index in [0.29, 0.717) is 12.0 Å². The van der Waals surface area contributed by atoms with Crippen molar-refractivity contribution in [2.24, 2.45) is 0 Å². The molecule has 5 N–H and O–H groups in total. The van der Waals surface area contributed by atoms with E-state index in [4.69, 9.17) is 4.74 Å². The molecule has 6 heteroatoms. The molecule has 2 aromatic carbocycles. The zero-order chi connectivity index (χ0) is 20.8.